The average Bonchev–Trinajstić information content (AvgIpc) is 2.54. The summed E-state index contributed by atoms with van der Waals surface area (Å²) < 4.78 is 11.4. The molecule has 1 saturated carbocycles. The molecule has 0 aromatic heterocycles. The van der Waals surface area contributed by atoms with E-state index in [1.807, 2.05) is 13.0 Å². The molecule has 0 aromatic carbocycles. The van der Waals surface area contributed by atoms with Gasteiger partial charge in [0.1, 0.15) is 0 Å². The van der Waals surface area contributed by atoms with Gasteiger partial charge in [-0.3, -0.25) is 4.79 Å². The maximum Gasteiger partial charge on any atom is 0.283 e. The minimum atomic E-state index is -0.522. The van der Waals surface area contributed by atoms with Gasteiger partial charge in [0.2, 0.25) is 6.29 Å². The van der Waals surface area contributed by atoms with Gasteiger partial charge in [0.15, 0.2) is 5.76 Å². The Morgan fingerprint density at radius 3 is 2.73 bits per heavy atom. The molecule has 0 unspecified atom stereocenters. The minimum Gasteiger partial charge on any atom is -0.459 e. The molecule has 5 heteroatoms. The number of hydrogen-bond donors (Lipinski definition) is 2. The first kappa shape index (κ1) is 17.3. The van der Waals surface area contributed by atoms with Crippen molar-refractivity contribution in [2.75, 3.05) is 13.2 Å². The van der Waals surface area contributed by atoms with E-state index in [2.05, 4.69) is 0 Å². The van der Waals surface area contributed by atoms with Crippen LogP contribution in [0.3, 0.4) is 0 Å². The van der Waals surface area contributed by atoms with Gasteiger partial charge in [0.25, 0.3) is 5.91 Å². The zero-order valence-electron chi connectivity index (χ0n) is 13.5. The molecule has 5 nitrogen and oxygen atoms in total. The van der Waals surface area contributed by atoms with E-state index >= 15 is 0 Å². The number of aliphatic hydroxyl groups is 1. The normalized spacial score (nSPS) is 29.7. The highest BCUT2D eigenvalue weighted by molar-refractivity contribution is 5.90. The summed E-state index contributed by atoms with van der Waals surface area (Å²) in [5.41, 5.74) is 5.44. The van der Waals surface area contributed by atoms with Crippen LogP contribution in [0.2, 0.25) is 0 Å². The molecule has 1 amide bonds. The molecule has 1 fully saturated rings. The number of aliphatic hydroxyl groups excluding tert-OH is 1. The van der Waals surface area contributed by atoms with Crippen molar-refractivity contribution in [3.63, 3.8) is 0 Å². The molecule has 0 spiro atoms. The van der Waals surface area contributed by atoms with Gasteiger partial charge in [0, 0.05) is 19.1 Å². The molecule has 2 aliphatic rings. The monoisotopic (exact) mass is 311 g/mol. The molecule has 0 bridgehead atoms. The molecular weight excluding hydrogens is 282 g/mol. The number of ether oxygens (including phenoxy) is 2. The molecule has 0 aromatic rings. The summed E-state index contributed by atoms with van der Waals surface area (Å²) in [5.74, 6) is 0.706. The highest BCUT2D eigenvalue weighted by Gasteiger charge is 2.40. The second-order valence-electron chi connectivity index (χ2n) is 6.34. The Hall–Kier alpha value is -1.07. The molecule has 1 aliphatic heterocycles. The maximum atomic E-state index is 11.6. The van der Waals surface area contributed by atoms with Gasteiger partial charge >= 0.3 is 0 Å². The first-order chi connectivity index (χ1) is 10.7. The van der Waals surface area contributed by atoms with Crippen LogP contribution in [0.4, 0.5) is 0 Å². The summed E-state index contributed by atoms with van der Waals surface area (Å²) in [4.78, 5) is 11.6. The number of hydrogen-bond acceptors (Lipinski definition) is 4. The predicted octanol–water partition coefficient (Wildman–Crippen LogP) is 2.33. The van der Waals surface area contributed by atoms with Crippen LogP contribution in [-0.2, 0) is 14.3 Å². The number of rotatable bonds is 7. The van der Waals surface area contributed by atoms with Gasteiger partial charge in [-0.2, -0.15) is 0 Å². The lowest BCUT2D eigenvalue weighted by Crippen LogP contribution is -2.41. The van der Waals surface area contributed by atoms with Crippen molar-refractivity contribution in [3.05, 3.63) is 11.8 Å². The van der Waals surface area contributed by atoms with Crippen LogP contribution >= 0.6 is 0 Å². The molecule has 3 atom stereocenters. The van der Waals surface area contributed by atoms with Gasteiger partial charge in [0.05, 0.1) is 0 Å². The number of primary amides is 1. The molecule has 0 saturated heterocycles. The lowest BCUT2D eigenvalue weighted by atomic mass is 9.71. The third-order valence-electron chi connectivity index (χ3n) is 4.89. The van der Waals surface area contributed by atoms with E-state index in [4.69, 9.17) is 15.2 Å². The topological polar surface area (TPSA) is 81.8 Å². The van der Waals surface area contributed by atoms with Crippen molar-refractivity contribution < 1.29 is 19.4 Å². The Labute approximate surface area is 132 Å². The quantitative estimate of drug-likeness (QED) is 0.756. The van der Waals surface area contributed by atoms with Gasteiger partial charge in [-0.25, -0.2) is 0 Å². The van der Waals surface area contributed by atoms with E-state index in [0.29, 0.717) is 12.5 Å². The van der Waals surface area contributed by atoms with Crippen LogP contribution in [0, 0.1) is 17.8 Å². The molecule has 1 aliphatic carbocycles. The van der Waals surface area contributed by atoms with Crippen molar-refractivity contribution in [1.82, 2.24) is 0 Å². The number of allylic oxidation sites excluding steroid dienone is 1. The zero-order chi connectivity index (χ0) is 15.9. The first-order valence-electron chi connectivity index (χ1n) is 8.58. The molecule has 2 rings (SSSR count). The second-order valence-corrected chi connectivity index (χ2v) is 6.34. The fourth-order valence-electron chi connectivity index (χ4n) is 3.85. The third-order valence-corrected chi connectivity index (χ3v) is 4.89. The summed E-state index contributed by atoms with van der Waals surface area (Å²) >= 11 is 0. The largest absolute Gasteiger partial charge is 0.459 e. The van der Waals surface area contributed by atoms with E-state index in [-0.39, 0.29) is 24.2 Å². The number of amides is 1. The Bertz CT molecular complexity index is 390. The summed E-state index contributed by atoms with van der Waals surface area (Å²) in [5, 5.41) is 9.18. The maximum absolute atomic E-state index is 11.6. The lowest BCUT2D eigenvalue weighted by molar-refractivity contribution is -0.176. The smallest absolute Gasteiger partial charge is 0.283 e. The van der Waals surface area contributed by atoms with Gasteiger partial charge < -0.3 is 20.3 Å². The SMILES string of the molecule is CCO[C@@H]1OC(C(N)=O)=C[C@H](C2CCCCC2)[C@H]1CCCO. The minimum absolute atomic E-state index is 0.166. The van der Waals surface area contributed by atoms with E-state index in [0.717, 1.165) is 12.8 Å². The van der Waals surface area contributed by atoms with Crippen LogP contribution in [-0.4, -0.2) is 30.5 Å². The van der Waals surface area contributed by atoms with E-state index in [1.165, 1.54) is 32.1 Å². The van der Waals surface area contributed by atoms with Crippen LogP contribution in [0.15, 0.2) is 11.8 Å². The van der Waals surface area contributed by atoms with E-state index < -0.39 is 12.2 Å². The van der Waals surface area contributed by atoms with Gasteiger partial charge in [-0.05, 0) is 50.5 Å². The summed E-state index contributed by atoms with van der Waals surface area (Å²) in [6.45, 7) is 2.62. The van der Waals surface area contributed by atoms with Crippen molar-refractivity contribution in [3.8, 4) is 0 Å². The molecular formula is C17H29NO4. The molecule has 1 heterocycles. The third kappa shape index (κ3) is 4.23. The highest BCUT2D eigenvalue weighted by Crippen LogP contribution is 2.42. The predicted molar refractivity (Wildman–Crippen MR) is 83.7 cm³/mol. The number of carbonyl (C=O) groups excluding carboxylic acids is 1. The number of nitrogens with two attached hydrogens (primary N) is 1. The summed E-state index contributed by atoms with van der Waals surface area (Å²) in [7, 11) is 0. The molecule has 3 N–H and O–H groups in total. The molecule has 126 valence electrons. The van der Waals surface area contributed by atoms with Crippen molar-refractivity contribution in [2.45, 2.75) is 58.2 Å². The van der Waals surface area contributed by atoms with Crippen LogP contribution < -0.4 is 5.73 Å². The Kier molecular flexibility index (Phi) is 6.70. The number of carbonyl (C=O) groups is 1. The van der Waals surface area contributed by atoms with Crippen molar-refractivity contribution in [1.29, 1.82) is 0 Å². The molecule has 22 heavy (non-hydrogen) atoms. The van der Waals surface area contributed by atoms with Gasteiger partial charge in [-0.1, -0.05) is 19.3 Å². The van der Waals surface area contributed by atoms with E-state index in [9.17, 15) is 9.90 Å². The molecule has 0 radical (unpaired) electrons. The zero-order valence-corrected chi connectivity index (χ0v) is 13.5. The van der Waals surface area contributed by atoms with Crippen LogP contribution in [0.1, 0.15) is 51.9 Å². The Balaban J connectivity index is 2.22. The standard InChI is InChI=1S/C17H29NO4/c1-2-21-17-13(9-6-10-19)14(11-15(22-17)16(18)20)12-7-4-3-5-8-12/h11-14,17,19H,2-10H2,1H3,(H2,18,20)/t13-,14-,17-/m1/s1. The Morgan fingerprint density at radius 1 is 1.41 bits per heavy atom. The second kappa shape index (κ2) is 8.53. The first-order valence-corrected chi connectivity index (χ1v) is 8.58. The fraction of sp³-hybridized carbons (Fsp3) is 0.824. The van der Waals surface area contributed by atoms with Crippen molar-refractivity contribution in [2.24, 2.45) is 23.5 Å². The summed E-state index contributed by atoms with van der Waals surface area (Å²) in [6.07, 6.45) is 9.20. The van der Waals surface area contributed by atoms with Crippen LogP contribution in [0.5, 0.6) is 0 Å². The van der Waals surface area contributed by atoms with Crippen molar-refractivity contribution >= 4 is 5.91 Å². The lowest BCUT2D eigenvalue weighted by Gasteiger charge is -2.41. The fourth-order valence-corrected chi connectivity index (χ4v) is 3.85. The average molecular weight is 311 g/mol. The summed E-state index contributed by atoms with van der Waals surface area (Å²) in [6, 6.07) is 0. The highest BCUT2D eigenvalue weighted by atomic mass is 16.7. The van der Waals surface area contributed by atoms with Gasteiger partial charge in [-0.15, -0.1) is 0 Å². The Morgan fingerprint density at radius 2 is 2.14 bits per heavy atom. The van der Waals surface area contributed by atoms with Crippen LogP contribution in [0.25, 0.3) is 0 Å². The van der Waals surface area contributed by atoms with E-state index in [1.54, 1.807) is 0 Å².